The molecule has 22 heavy (non-hydrogen) atoms. The molecule has 0 aromatic carbocycles. The van der Waals surface area contributed by atoms with E-state index >= 15 is 0 Å². The summed E-state index contributed by atoms with van der Waals surface area (Å²) >= 11 is 0. The lowest BCUT2D eigenvalue weighted by atomic mass is 9.73. The van der Waals surface area contributed by atoms with Gasteiger partial charge in [-0.3, -0.25) is 0 Å². The van der Waals surface area contributed by atoms with Crippen LogP contribution in [0.2, 0.25) is 0 Å². The summed E-state index contributed by atoms with van der Waals surface area (Å²) in [5.74, 6) is 1.68. The number of ether oxygens (including phenoxy) is 1. The van der Waals surface area contributed by atoms with Gasteiger partial charge in [0, 0.05) is 25.2 Å². The number of likely N-dealkylation sites (tertiary alicyclic amines) is 1. The van der Waals surface area contributed by atoms with Crippen LogP contribution in [0.3, 0.4) is 0 Å². The van der Waals surface area contributed by atoms with E-state index in [-0.39, 0.29) is 6.09 Å². The highest BCUT2D eigenvalue weighted by Crippen LogP contribution is 2.33. The molecule has 0 bridgehead atoms. The Hall–Kier alpha value is -0.770. The molecular formula is C18H34N2O2. The maximum atomic E-state index is 12.4. The van der Waals surface area contributed by atoms with Crippen LogP contribution in [0, 0.1) is 11.8 Å². The third-order valence-electron chi connectivity index (χ3n) is 5.01. The van der Waals surface area contributed by atoms with Crippen LogP contribution < -0.4 is 5.32 Å². The molecule has 0 radical (unpaired) electrons. The summed E-state index contributed by atoms with van der Waals surface area (Å²) in [5, 5.41) is 3.67. The molecule has 0 aromatic rings. The van der Waals surface area contributed by atoms with Gasteiger partial charge in [-0.15, -0.1) is 0 Å². The third-order valence-corrected chi connectivity index (χ3v) is 5.01. The number of nitrogens with one attached hydrogen (secondary N) is 1. The van der Waals surface area contributed by atoms with E-state index in [9.17, 15) is 4.79 Å². The number of amides is 1. The Morgan fingerprint density at radius 2 is 1.95 bits per heavy atom. The van der Waals surface area contributed by atoms with E-state index in [0.29, 0.717) is 12.1 Å². The van der Waals surface area contributed by atoms with Gasteiger partial charge in [0.25, 0.3) is 0 Å². The van der Waals surface area contributed by atoms with Crippen molar-refractivity contribution in [2.45, 2.75) is 84.4 Å². The Kier molecular flexibility index (Phi) is 5.76. The summed E-state index contributed by atoms with van der Waals surface area (Å²) < 4.78 is 5.56. The van der Waals surface area contributed by atoms with Crippen molar-refractivity contribution in [2.24, 2.45) is 11.8 Å². The van der Waals surface area contributed by atoms with Crippen molar-refractivity contribution in [1.29, 1.82) is 0 Å². The zero-order chi connectivity index (χ0) is 16.3. The van der Waals surface area contributed by atoms with E-state index in [0.717, 1.165) is 37.8 Å². The van der Waals surface area contributed by atoms with E-state index in [4.69, 9.17) is 4.74 Å². The average Bonchev–Trinajstić information content (AvgIpc) is 2.34. The molecule has 1 saturated heterocycles. The minimum absolute atomic E-state index is 0.146. The first-order valence-corrected chi connectivity index (χ1v) is 8.99. The molecule has 1 atom stereocenters. The summed E-state index contributed by atoms with van der Waals surface area (Å²) in [7, 11) is 0. The van der Waals surface area contributed by atoms with E-state index in [2.05, 4.69) is 19.2 Å². The monoisotopic (exact) mass is 310 g/mol. The Labute approximate surface area is 136 Å². The van der Waals surface area contributed by atoms with Crippen molar-refractivity contribution < 1.29 is 9.53 Å². The molecule has 1 N–H and O–H groups in total. The maximum Gasteiger partial charge on any atom is 0.410 e. The number of hydrogen-bond donors (Lipinski definition) is 1. The summed E-state index contributed by atoms with van der Waals surface area (Å²) in [4.78, 5) is 14.3. The first-order chi connectivity index (χ1) is 10.3. The van der Waals surface area contributed by atoms with Crippen LogP contribution in [-0.2, 0) is 4.74 Å². The molecule has 128 valence electrons. The van der Waals surface area contributed by atoms with Crippen molar-refractivity contribution in [2.75, 3.05) is 13.1 Å². The first kappa shape index (κ1) is 17.6. The second kappa shape index (κ2) is 7.20. The van der Waals surface area contributed by atoms with Crippen molar-refractivity contribution in [3.05, 3.63) is 0 Å². The van der Waals surface area contributed by atoms with E-state index in [1.807, 2.05) is 25.7 Å². The van der Waals surface area contributed by atoms with Gasteiger partial charge in [0.05, 0.1) is 0 Å². The molecule has 1 amide bonds. The Morgan fingerprint density at radius 3 is 2.55 bits per heavy atom. The van der Waals surface area contributed by atoms with Gasteiger partial charge >= 0.3 is 6.09 Å². The van der Waals surface area contributed by atoms with Gasteiger partial charge in [-0.05, 0) is 64.7 Å². The van der Waals surface area contributed by atoms with Crippen molar-refractivity contribution in [3.63, 3.8) is 0 Å². The molecule has 4 nitrogen and oxygen atoms in total. The molecular weight excluding hydrogens is 276 g/mol. The lowest BCUT2D eigenvalue weighted by molar-refractivity contribution is 0.00881. The molecule has 1 heterocycles. The lowest BCUT2D eigenvalue weighted by Gasteiger charge is -2.41. The molecule has 1 unspecified atom stereocenters. The van der Waals surface area contributed by atoms with E-state index < -0.39 is 5.60 Å². The minimum Gasteiger partial charge on any atom is -0.444 e. The lowest BCUT2D eigenvalue weighted by Crippen LogP contribution is -2.53. The molecule has 2 fully saturated rings. The summed E-state index contributed by atoms with van der Waals surface area (Å²) in [6, 6.07) is 0.941. The Balaban J connectivity index is 1.79. The molecule has 1 saturated carbocycles. The Bertz CT molecular complexity index is 370. The molecule has 0 aromatic heterocycles. The number of carbonyl (C=O) groups excluding carboxylic acids is 1. The van der Waals surface area contributed by atoms with Crippen LogP contribution in [-0.4, -0.2) is 41.8 Å². The van der Waals surface area contributed by atoms with Crippen LogP contribution in [0.1, 0.15) is 66.7 Å². The topological polar surface area (TPSA) is 41.6 Å². The number of hydrogen-bond acceptors (Lipinski definition) is 3. The standard InChI is InChI=1S/C18H34N2O2/c1-13(2)14-10-15(11-14)19-12-16-8-6-7-9-20(16)17(21)22-18(3,4)5/h13-16,19H,6-12H2,1-5H3. The van der Waals surface area contributed by atoms with Crippen molar-refractivity contribution in [1.82, 2.24) is 10.2 Å². The highest BCUT2D eigenvalue weighted by Gasteiger charge is 2.34. The second-order valence-electron chi connectivity index (χ2n) is 8.40. The van der Waals surface area contributed by atoms with E-state index in [1.165, 1.54) is 19.3 Å². The second-order valence-corrected chi connectivity index (χ2v) is 8.40. The molecule has 2 aliphatic rings. The smallest absolute Gasteiger partial charge is 0.410 e. The van der Waals surface area contributed by atoms with Crippen LogP contribution in [0.5, 0.6) is 0 Å². The zero-order valence-corrected chi connectivity index (χ0v) is 15.0. The summed E-state index contributed by atoms with van der Waals surface area (Å²) in [5.41, 5.74) is -0.412. The molecule has 2 rings (SSSR count). The predicted molar refractivity (Wildman–Crippen MR) is 89.9 cm³/mol. The van der Waals surface area contributed by atoms with Gasteiger partial charge in [-0.25, -0.2) is 4.79 Å². The number of rotatable bonds is 4. The van der Waals surface area contributed by atoms with Crippen LogP contribution >= 0.6 is 0 Å². The highest BCUT2D eigenvalue weighted by atomic mass is 16.6. The number of nitrogens with zero attached hydrogens (tertiary/aromatic N) is 1. The highest BCUT2D eigenvalue weighted by molar-refractivity contribution is 5.68. The fourth-order valence-electron chi connectivity index (χ4n) is 3.45. The fourth-order valence-corrected chi connectivity index (χ4v) is 3.45. The van der Waals surface area contributed by atoms with Gasteiger partial charge in [0.1, 0.15) is 5.60 Å². The first-order valence-electron chi connectivity index (χ1n) is 8.99. The van der Waals surface area contributed by atoms with Gasteiger partial charge in [0.2, 0.25) is 0 Å². The zero-order valence-electron chi connectivity index (χ0n) is 15.0. The number of carbonyl (C=O) groups is 1. The molecule has 1 aliphatic heterocycles. The van der Waals surface area contributed by atoms with Crippen molar-refractivity contribution in [3.8, 4) is 0 Å². The predicted octanol–water partition coefficient (Wildman–Crippen LogP) is 3.80. The summed E-state index contributed by atoms with van der Waals surface area (Å²) in [6.07, 6.45) is 5.83. The summed E-state index contributed by atoms with van der Waals surface area (Å²) in [6.45, 7) is 12.2. The largest absolute Gasteiger partial charge is 0.444 e. The molecule has 4 heteroatoms. The molecule has 1 aliphatic carbocycles. The van der Waals surface area contributed by atoms with E-state index in [1.54, 1.807) is 0 Å². The fraction of sp³-hybridized carbons (Fsp3) is 0.944. The SMILES string of the molecule is CC(C)C1CC(NCC2CCCCN2C(=O)OC(C)(C)C)C1. The average molecular weight is 310 g/mol. The normalized spacial score (nSPS) is 29.4. The minimum atomic E-state index is -0.412. The van der Waals surface area contributed by atoms with Gasteiger partial charge < -0.3 is 15.0 Å². The third kappa shape index (κ3) is 4.87. The van der Waals surface area contributed by atoms with Gasteiger partial charge in [-0.2, -0.15) is 0 Å². The van der Waals surface area contributed by atoms with Crippen LogP contribution in [0.25, 0.3) is 0 Å². The quantitative estimate of drug-likeness (QED) is 0.858. The van der Waals surface area contributed by atoms with Crippen LogP contribution in [0.15, 0.2) is 0 Å². The molecule has 0 spiro atoms. The number of piperidine rings is 1. The van der Waals surface area contributed by atoms with Gasteiger partial charge in [-0.1, -0.05) is 13.8 Å². The Morgan fingerprint density at radius 1 is 1.27 bits per heavy atom. The van der Waals surface area contributed by atoms with Crippen molar-refractivity contribution >= 4 is 6.09 Å². The van der Waals surface area contributed by atoms with Crippen LogP contribution in [0.4, 0.5) is 4.79 Å². The van der Waals surface area contributed by atoms with Gasteiger partial charge in [0.15, 0.2) is 0 Å². The maximum absolute atomic E-state index is 12.4.